The van der Waals surface area contributed by atoms with Gasteiger partial charge in [-0.25, -0.2) is 37.4 Å². The first-order valence-corrected chi connectivity index (χ1v) is 21.4. The van der Waals surface area contributed by atoms with Gasteiger partial charge in [0.15, 0.2) is 0 Å². The lowest BCUT2D eigenvalue weighted by atomic mass is 10.3. The van der Waals surface area contributed by atoms with Gasteiger partial charge >= 0.3 is 47.4 Å². The van der Waals surface area contributed by atoms with Crippen LogP contribution in [0.3, 0.4) is 0 Å². The highest BCUT2D eigenvalue weighted by Crippen LogP contribution is 2.37. The normalized spacial score (nSPS) is 12.2. The van der Waals surface area contributed by atoms with E-state index in [-0.39, 0.29) is 0 Å². The Morgan fingerprint density at radius 3 is 0.611 bits per heavy atom. The zero-order chi connectivity index (χ0) is 42.9. The topological polar surface area (TPSA) is 403 Å². The molecule has 8 bridgehead atoms. The van der Waals surface area contributed by atoms with Crippen LogP contribution in [0.1, 0.15) is 22.8 Å². The summed E-state index contributed by atoms with van der Waals surface area (Å²) in [6, 6.07) is 16.4. The molecule has 0 atom stereocenters. The van der Waals surface area contributed by atoms with Crippen LogP contribution in [0.15, 0.2) is 48.5 Å². The molecule has 0 saturated heterocycles. The van der Waals surface area contributed by atoms with E-state index in [1.165, 1.54) is 0 Å². The van der Waals surface area contributed by atoms with E-state index in [1.54, 1.807) is 0 Å². The molecule has 14 N–H and O–H groups in total. The Labute approximate surface area is 296 Å². The quantitative estimate of drug-likeness (QED) is 0.0722. The second-order valence-electron chi connectivity index (χ2n) is 8.74. The van der Waals surface area contributed by atoms with Gasteiger partial charge in [0.2, 0.25) is 0 Å². The van der Waals surface area contributed by atoms with Crippen molar-refractivity contribution >= 4 is 93.8 Å². The molecular formula is C20H26F6N4O18P6. The Bertz CT molecular complexity index is 1810. The van der Waals surface area contributed by atoms with Crippen molar-refractivity contribution in [2.45, 2.75) is 0 Å². The van der Waals surface area contributed by atoms with E-state index in [9.17, 15) is 25.2 Å². The SMILES string of the molecule is C1=Cc2cc3ccc(cc4nc(cc5ccc(cc1n2)[nH]5)C=C4)[nH]3.O=P(O)(O)F.O=P(O)(O)F.O=P(O)(O)F.O=P(O)(O)F.O=P(O)(O)F.O=P(O)(O)F. The third-order valence-electron chi connectivity index (χ3n) is 4.04. The van der Waals surface area contributed by atoms with Crippen molar-refractivity contribution in [2.75, 3.05) is 0 Å². The van der Waals surface area contributed by atoms with Crippen LogP contribution >= 0.6 is 47.4 Å². The number of H-pyrrole nitrogens is 2. The zero-order valence-electron chi connectivity index (χ0n) is 25.6. The largest absolute Gasteiger partial charge is 0.507 e. The number of halogens is 6. The van der Waals surface area contributed by atoms with E-state index >= 15 is 0 Å². The molecule has 0 aliphatic carbocycles. The Kier molecular flexibility index (Phi) is 22.2. The van der Waals surface area contributed by atoms with Crippen molar-refractivity contribution in [3.63, 3.8) is 0 Å². The van der Waals surface area contributed by atoms with E-state index in [2.05, 4.69) is 44.2 Å². The highest BCUT2D eigenvalue weighted by molar-refractivity contribution is 7.46. The molecule has 0 amide bonds. The Balaban J connectivity index is 0. The Hall–Kier alpha value is -2.92. The fraction of sp³-hybridized carbons (Fsp3) is 0. The lowest BCUT2D eigenvalue weighted by Crippen LogP contribution is -1.75. The van der Waals surface area contributed by atoms with Crippen molar-refractivity contribution in [1.29, 1.82) is 0 Å². The van der Waals surface area contributed by atoms with Gasteiger partial charge in [0.25, 0.3) is 0 Å². The van der Waals surface area contributed by atoms with Crippen LogP contribution in [0.2, 0.25) is 0 Å². The predicted octanol–water partition coefficient (Wildman–Crippen LogP) is 4.95. The van der Waals surface area contributed by atoms with Gasteiger partial charge in [0.1, 0.15) is 0 Å². The van der Waals surface area contributed by atoms with Gasteiger partial charge in [0.05, 0.1) is 22.8 Å². The van der Waals surface area contributed by atoms with Gasteiger partial charge in [-0.3, -0.25) is 58.7 Å². The van der Waals surface area contributed by atoms with Gasteiger partial charge in [0, 0.05) is 22.1 Å². The summed E-state index contributed by atoms with van der Waals surface area (Å²) < 4.78 is 114. The molecule has 0 saturated carbocycles. The number of rotatable bonds is 0. The Morgan fingerprint density at radius 2 is 0.481 bits per heavy atom. The molecular weight excluding hydrogens is 884 g/mol. The van der Waals surface area contributed by atoms with Gasteiger partial charge in [-0.15, -0.1) is 25.2 Å². The molecule has 2 aliphatic heterocycles. The summed E-state index contributed by atoms with van der Waals surface area (Å²) in [5.74, 6) is 0. The third-order valence-corrected chi connectivity index (χ3v) is 4.04. The standard InChI is InChI=1S/C20H14N4.6FH2O3P/c1-2-14-10-16-5-6-18(23-16)12-20-8-7-19(24-20)11-17-4-3-15(22-17)9-13(1)21-14;6*1-5(2,3)4/h1-12,21,24H;6*(H2,2,3,4). The minimum atomic E-state index is -5.14. The summed E-state index contributed by atoms with van der Waals surface area (Å²) in [7, 11) is -30.8. The van der Waals surface area contributed by atoms with Crippen molar-refractivity contribution in [1.82, 2.24) is 19.9 Å². The molecule has 0 radical (unpaired) electrons. The molecule has 3 aromatic rings. The molecule has 5 rings (SSSR count). The summed E-state index contributed by atoms with van der Waals surface area (Å²) >= 11 is 0. The monoisotopic (exact) mass is 910 g/mol. The van der Waals surface area contributed by atoms with E-state index in [0.29, 0.717) is 0 Å². The van der Waals surface area contributed by atoms with Crippen LogP contribution in [0.5, 0.6) is 0 Å². The van der Waals surface area contributed by atoms with Crippen molar-refractivity contribution in [3.05, 3.63) is 71.3 Å². The fourth-order valence-electron chi connectivity index (χ4n) is 2.94. The molecule has 306 valence electrons. The average Bonchev–Trinajstić information content (AvgIpc) is 3.64. The second-order valence-corrected chi connectivity index (χ2v) is 14.4. The van der Waals surface area contributed by atoms with E-state index < -0.39 is 47.4 Å². The maximum Gasteiger partial charge on any atom is 0.507 e. The van der Waals surface area contributed by atoms with E-state index in [0.717, 1.165) is 44.8 Å². The highest BCUT2D eigenvalue weighted by atomic mass is 31.2. The predicted molar refractivity (Wildman–Crippen MR) is 178 cm³/mol. The molecule has 2 aliphatic rings. The first-order valence-electron chi connectivity index (χ1n) is 12.4. The van der Waals surface area contributed by atoms with Crippen LogP contribution in [-0.2, 0) is 27.4 Å². The number of aromatic amines is 2. The van der Waals surface area contributed by atoms with Gasteiger partial charge < -0.3 is 9.97 Å². The molecule has 3 aromatic heterocycles. The Morgan fingerprint density at radius 1 is 0.352 bits per heavy atom. The molecule has 5 heterocycles. The number of fused-ring (bicyclic) bond motifs is 8. The summed E-state index contributed by atoms with van der Waals surface area (Å²) in [6.07, 6.45) is 8.09. The number of nitrogens with zero attached hydrogens (tertiary/aromatic N) is 2. The number of aromatic nitrogens is 4. The number of nitrogens with one attached hydrogen (secondary N) is 2. The highest BCUT2D eigenvalue weighted by Gasteiger charge is 2.07. The maximum atomic E-state index is 10.4. The van der Waals surface area contributed by atoms with Crippen molar-refractivity contribution in [2.24, 2.45) is 0 Å². The average molecular weight is 910 g/mol. The van der Waals surface area contributed by atoms with Gasteiger partial charge in [-0.2, -0.15) is 0 Å². The van der Waals surface area contributed by atoms with Gasteiger partial charge in [-0.1, -0.05) is 0 Å². The van der Waals surface area contributed by atoms with Crippen LogP contribution in [0.4, 0.5) is 25.2 Å². The third kappa shape index (κ3) is 47.1. The zero-order valence-corrected chi connectivity index (χ0v) is 31.0. The van der Waals surface area contributed by atoms with Crippen LogP contribution in [-0.4, -0.2) is 78.7 Å². The maximum absolute atomic E-state index is 10.4. The molecule has 0 unspecified atom stereocenters. The van der Waals surface area contributed by atoms with Gasteiger partial charge in [-0.05, 0) is 72.8 Å². The smallest absolute Gasteiger partial charge is 0.355 e. The summed E-state index contributed by atoms with van der Waals surface area (Å²) in [5.41, 5.74) is 7.86. The number of hydrogen-bond acceptors (Lipinski definition) is 8. The molecule has 0 aromatic carbocycles. The molecule has 34 heteroatoms. The van der Waals surface area contributed by atoms with Crippen LogP contribution < -0.4 is 0 Å². The summed E-state index contributed by atoms with van der Waals surface area (Å²) in [6.45, 7) is 0. The van der Waals surface area contributed by atoms with Crippen LogP contribution in [0.25, 0.3) is 46.4 Å². The van der Waals surface area contributed by atoms with Crippen molar-refractivity contribution in [3.8, 4) is 0 Å². The first kappa shape index (κ1) is 53.2. The van der Waals surface area contributed by atoms with E-state index in [1.807, 2.05) is 48.6 Å². The summed E-state index contributed by atoms with van der Waals surface area (Å²) in [5, 5.41) is 0. The van der Waals surface area contributed by atoms with Crippen LogP contribution in [0, 0.1) is 0 Å². The number of hydrogen-bond donors (Lipinski definition) is 14. The molecule has 0 fully saturated rings. The molecule has 22 nitrogen and oxygen atoms in total. The molecule has 0 spiro atoms. The molecule has 54 heavy (non-hydrogen) atoms. The fourth-order valence-corrected chi connectivity index (χ4v) is 2.94. The lowest BCUT2D eigenvalue weighted by molar-refractivity contribution is 0.320. The first-order chi connectivity index (χ1) is 23.8. The van der Waals surface area contributed by atoms with E-state index in [4.69, 9.17) is 86.1 Å². The minimum absolute atomic E-state index is 0.939. The summed E-state index contributed by atoms with van der Waals surface area (Å²) in [4.78, 5) is 99.6. The minimum Gasteiger partial charge on any atom is -0.355 e. The second kappa shape index (κ2) is 22.6. The van der Waals surface area contributed by atoms with Crippen molar-refractivity contribution < 1.29 is 111 Å². The lowest BCUT2D eigenvalue weighted by Gasteiger charge is -1.85.